The zero-order valence-electron chi connectivity index (χ0n) is 14.4. The summed E-state index contributed by atoms with van der Waals surface area (Å²) in [5.41, 5.74) is 0.493. The minimum Gasteiger partial charge on any atom is -0.493 e. The Morgan fingerprint density at radius 1 is 1.12 bits per heavy atom. The van der Waals surface area contributed by atoms with Gasteiger partial charge in [0.1, 0.15) is 12.4 Å². The zero-order valence-corrected chi connectivity index (χ0v) is 16.0. The number of rotatable bonds is 9. The highest BCUT2D eigenvalue weighted by Crippen LogP contribution is 2.36. The topological polar surface area (TPSA) is 56.8 Å². The number of hydrogen-bond acceptors (Lipinski definition) is 4. The zero-order chi connectivity index (χ0) is 18.1. The molecule has 0 radical (unpaired) electrons. The van der Waals surface area contributed by atoms with Crippen LogP contribution < -0.4 is 19.5 Å². The third-order valence-electron chi connectivity index (χ3n) is 3.34. The van der Waals surface area contributed by atoms with Crippen LogP contribution in [0.2, 0.25) is 0 Å². The van der Waals surface area contributed by atoms with Gasteiger partial charge in [-0.3, -0.25) is 4.79 Å². The third-order valence-corrected chi connectivity index (χ3v) is 3.93. The summed E-state index contributed by atoms with van der Waals surface area (Å²) in [7, 11) is 1.55. The molecule has 0 saturated heterocycles. The number of para-hydroxylation sites is 1. The molecular formula is C19H22BrNO4. The summed E-state index contributed by atoms with van der Waals surface area (Å²) in [4.78, 5) is 12.3. The molecule has 6 heteroatoms. The van der Waals surface area contributed by atoms with Crippen molar-refractivity contribution in [2.24, 2.45) is 0 Å². The lowest BCUT2D eigenvalue weighted by atomic mass is 10.2. The molecule has 0 atom stereocenters. The van der Waals surface area contributed by atoms with Crippen molar-refractivity contribution < 1.29 is 19.0 Å². The molecular weight excluding hydrogens is 386 g/mol. The van der Waals surface area contributed by atoms with E-state index in [2.05, 4.69) is 21.2 Å². The molecule has 0 unspecified atom stereocenters. The van der Waals surface area contributed by atoms with Gasteiger partial charge in [-0.1, -0.05) is 25.1 Å². The summed E-state index contributed by atoms with van der Waals surface area (Å²) in [6, 6.07) is 12.9. The van der Waals surface area contributed by atoms with E-state index < -0.39 is 0 Å². The summed E-state index contributed by atoms with van der Waals surface area (Å²) >= 11 is 3.44. The Morgan fingerprint density at radius 3 is 2.56 bits per heavy atom. The molecule has 0 aromatic heterocycles. The van der Waals surface area contributed by atoms with E-state index in [1.807, 2.05) is 37.3 Å². The molecule has 134 valence electrons. The highest BCUT2D eigenvalue weighted by Gasteiger charge is 2.15. The second-order valence-electron chi connectivity index (χ2n) is 5.26. The van der Waals surface area contributed by atoms with Gasteiger partial charge >= 0.3 is 0 Å². The minimum atomic E-state index is -0.197. The number of carbonyl (C=O) groups excluding carboxylic acids is 1. The number of hydrogen-bond donors (Lipinski definition) is 1. The SMILES string of the molecule is CCCOc1c(Br)cc(C(=O)NCCOc2ccccc2)cc1OC. The first-order valence-corrected chi connectivity index (χ1v) is 8.91. The Balaban J connectivity index is 1.93. The van der Waals surface area contributed by atoms with Crippen molar-refractivity contribution in [2.45, 2.75) is 13.3 Å². The lowest BCUT2D eigenvalue weighted by Gasteiger charge is -2.14. The fourth-order valence-corrected chi connectivity index (χ4v) is 2.70. The van der Waals surface area contributed by atoms with Crippen LogP contribution in [0.5, 0.6) is 17.2 Å². The summed E-state index contributed by atoms with van der Waals surface area (Å²) in [6.07, 6.45) is 0.888. The number of carbonyl (C=O) groups is 1. The molecule has 0 aliphatic heterocycles. The van der Waals surface area contributed by atoms with Crippen molar-refractivity contribution in [1.29, 1.82) is 0 Å². The number of nitrogens with one attached hydrogen (secondary N) is 1. The summed E-state index contributed by atoms with van der Waals surface area (Å²) < 4.78 is 17.2. The molecule has 25 heavy (non-hydrogen) atoms. The Bertz CT molecular complexity index is 691. The molecule has 0 aliphatic rings. The van der Waals surface area contributed by atoms with Crippen LogP contribution >= 0.6 is 15.9 Å². The van der Waals surface area contributed by atoms with E-state index in [0.717, 1.165) is 12.2 Å². The monoisotopic (exact) mass is 407 g/mol. The van der Waals surface area contributed by atoms with E-state index in [1.165, 1.54) is 0 Å². The number of ether oxygens (including phenoxy) is 3. The van der Waals surface area contributed by atoms with Crippen LogP contribution in [0.3, 0.4) is 0 Å². The summed E-state index contributed by atoms with van der Waals surface area (Å²) in [6.45, 7) is 3.41. The minimum absolute atomic E-state index is 0.197. The average molecular weight is 408 g/mol. The van der Waals surface area contributed by atoms with Crippen molar-refractivity contribution in [3.05, 3.63) is 52.5 Å². The second kappa shape index (κ2) is 9.93. The van der Waals surface area contributed by atoms with Gasteiger partial charge in [-0.05, 0) is 46.6 Å². The highest BCUT2D eigenvalue weighted by molar-refractivity contribution is 9.10. The van der Waals surface area contributed by atoms with E-state index in [4.69, 9.17) is 14.2 Å². The number of methoxy groups -OCH3 is 1. The normalized spacial score (nSPS) is 10.2. The van der Waals surface area contributed by atoms with Gasteiger partial charge in [-0.25, -0.2) is 0 Å². The van der Waals surface area contributed by atoms with Gasteiger partial charge in [0.05, 0.1) is 24.7 Å². The van der Waals surface area contributed by atoms with Crippen LogP contribution in [-0.4, -0.2) is 32.8 Å². The molecule has 0 saturated carbocycles. The van der Waals surface area contributed by atoms with Gasteiger partial charge < -0.3 is 19.5 Å². The predicted molar refractivity (Wildman–Crippen MR) is 101 cm³/mol. The van der Waals surface area contributed by atoms with Crippen LogP contribution in [0.4, 0.5) is 0 Å². The maximum absolute atomic E-state index is 12.3. The molecule has 0 bridgehead atoms. The summed E-state index contributed by atoms with van der Waals surface area (Å²) in [5.74, 6) is 1.71. The van der Waals surface area contributed by atoms with Gasteiger partial charge in [-0.2, -0.15) is 0 Å². The number of benzene rings is 2. The summed E-state index contributed by atoms with van der Waals surface area (Å²) in [5, 5.41) is 2.83. The van der Waals surface area contributed by atoms with E-state index in [-0.39, 0.29) is 5.91 Å². The van der Waals surface area contributed by atoms with Crippen molar-refractivity contribution >= 4 is 21.8 Å². The highest BCUT2D eigenvalue weighted by atomic mass is 79.9. The van der Waals surface area contributed by atoms with Crippen LogP contribution in [0.1, 0.15) is 23.7 Å². The largest absolute Gasteiger partial charge is 0.493 e. The first kappa shape index (κ1) is 19.1. The maximum Gasteiger partial charge on any atom is 0.251 e. The molecule has 0 heterocycles. The lowest BCUT2D eigenvalue weighted by Crippen LogP contribution is -2.28. The van der Waals surface area contributed by atoms with Crippen molar-refractivity contribution in [2.75, 3.05) is 26.9 Å². The predicted octanol–water partition coefficient (Wildman–Crippen LogP) is 4.06. The Kier molecular flexibility index (Phi) is 7.60. The van der Waals surface area contributed by atoms with Crippen LogP contribution in [0, 0.1) is 0 Å². The first-order valence-electron chi connectivity index (χ1n) is 8.12. The molecule has 0 aliphatic carbocycles. The molecule has 2 aromatic carbocycles. The maximum atomic E-state index is 12.3. The second-order valence-corrected chi connectivity index (χ2v) is 6.11. The van der Waals surface area contributed by atoms with Crippen molar-refractivity contribution in [1.82, 2.24) is 5.32 Å². The van der Waals surface area contributed by atoms with E-state index in [0.29, 0.717) is 41.3 Å². The van der Waals surface area contributed by atoms with Gasteiger partial charge in [0.15, 0.2) is 11.5 Å². The molecule has 2 rings (SSSR count). The van der Waals surface area contributed by atoms with Gasteiger partial charge in [-0.15, -0.1) is 0 Å². The van der Waals surface area contributed by atoms with Gasteiger partial charge in [0, 0.05) is 5.56 Å². The smallest absolute Gasteiger partial charge is 0.251 e. The van der Waals surface area contributed by atoms with Crippen LogP contribution in [0.15, 0.2) is 46.9 Å². The van der Waals surface area contributed by atoms with Gasteiger partial charge in [0.25, 0.3) is 5.91 Å². The van der Waals surface area contributed by atoms with Crippen molar-refractivity contribution in [3.8, 4) is 17.2 Å². The third kappa shape index (κ3) is 5.67. The Morgan fingerprint density at radius 2 is 1.88 bits per heavy atom. The fraction of sp³-hybridized carbons (Fsp3) is 0.316. The molecule has 5 nitrogen and oxygen atoms in total. The van der Waals surface area contributed by atoms with E-state index in [9.17, 15) is 4.79 Å². The van der Waals surface area contributed by atoms with Gasteiger partial charge in [0.2, 0.25) is 0 Å². The van der Waals surface area contributed by atoms with Crippen molar-refractivity contribution in [3.63, 3.8) is 0 Å². The van der Waals surface area contributed by atoms with Crippen LogP contribution in [0.25, 0.3) is 0 Å². The molecule has 1 N–H and O–H groups in total. The Hall–Kier alpha value is -2.21. The molecule has 0 spiro atoms. The quantitative estimate of drug-likeness (QED) is 0.636. The van der Waals surface area contributed by atoms with Crippen LogP contribution in [-0.2, 0) is 0 Å². The first-order chi connectivity index (χ1) is 12.2. The average Bonchev–Trinajstić information content (AvgIpc) is 2.64. The molecule has 0 fully saturated rings. The standard InChI is InChI=1S/C19H22BrNO4/c1-3-10-25-18-16(20)12-14(13-17(18)23-2)19(22)21-9-11-24-15-7-5-4-6-8-15/h4-8,12-13H,3,9-11H2,1-2H3,(H,21,22). The lowest BCUT2D eigenvalue weighted by molar-refractivity contribution is 0.0946. The molecule has 2 aromatic rings. The number of amides is 1. The molecule has 1 amide bonds. The Labute approximate surface area is 156 Å². The fourth-order valence-electron chi connectivity index (χ4n) is 2.15. The van der Waals surface area contributed by atoms with E-state index >= 15 is 0 Å². The number of halogens is 1. The van der Waals surface area contributed by atoms with E-state index in [1.54, 1.807) is 19.2 Å².